The molecule has 0 aliphatic heterocycles. The number of esters is 1. The summed E-state index contributed by atoms with van der Waals surface area (Å²) in [5.41, 5.74) is 1.73. The second-order valence-electron chi connectivity index (χ2n) is 3.72. The summed E-state index contributed by atoms with van der Waals surface area (Å²) in [4.78, 5) is 15.8. The Balaban J connectivity index is 2.15. The normalized spacial score (nSPS) is 10.2. The van der Waals surface area contributed by atoms with Gasteiger partial charge in [-0.05, 0) is 38.1 Å². The zero-order valence-corrected chi connectivity index (χ0v) is 11.7. The van der Waals surface area contributed by atoms with E-state index in [4.69, 9.17) is 9.47 Å². The van der Waals surface area contributed by atoms with Gasteiger partial charge in [0, 0.05) is 10.9 Å². The van der Waals surface area contributed by atoms with Gasteiger partial charge in [-0.25, -0.2) is 9.78 Å². The fraction of sp³-hybridized carbons (Fsp3) is 0.286. The fourth-order valence-electron chi connectivity index (χ4n) is 1.58. The Hall–Kier alpha value is -1.88. The molecule has 1 aromatic carbocycles. The van der Waals surface area contributed by atoms with Gasteiger partial charge in [0.1, 0.15) is 5.75 Å². The number of thiazole rings is 1. The monoisotopic (exact) mass is 277 g/mol. The van der Waals surface area contributed by atoms with E-state index >= 15 is 0 Å². The molecule has 0 aliphatic rings. The van der Waals surface area contributed by atoms with Gasteiger partial charge in [0.25, 0.3) is 0 Å². The molecule has 0 bridgehead atoms. The quantitative estimate of drug-likeness (QED) is 0.786. The zero-order chi connectivity index (χ0) is 13.7. The third-order valence-corrected chi connectivity index (χ3v) is 3.24. The van der Waals surface area contributed by atoms with Crippen LogP contribution in [-0.4, -0.2) is 24.2 Å². The molecule has 0 saturated heterocycles. The van der Waals surface area contributed by atoms with Gasteiger partial charge in [-0.15, -0.1) is 11.3 Å². The third-order valence-electron chi connectivity index (χ3n) is 2.42. The fourth-order valence-corrected chi connectivity index (χ4v) is 2.30. The molecule has 100 valence electrons. The average molecular weight is 277 g/mol. The van der Waals surface area contributed by atoms with E-state index in [0.717, 1.165) is 17.0 Å². The van der Waals surface area contributed by atoms with Gasteiger partial charge < -0.3 is 9.47 Å². The van der Waals surface area contributed by atoms with E-state index in [-0.39, 0.29) is 5.97 Å². The lowest BCUT2D eigenvalue weighted by Crippen LogP contribution is -2.03. The van der Waals surface area contributed by atoms with Crippen molar-refractivity contribution >= 4 is 17.3 Å². The maximum absolute atomic E-state index is 11.5. The van der Waals surface area contributed by atoms with Crippen molar-refractivity contribution in [3.05, 3.63) is 34.7 Å². The summed E-state index contributed by atoms with van der Waals surface area (Å²) in [6.07, 6.45) is 0. The van der Waals surface area contributed by atoms with E-state index in [0.29, 0.717) is 18.2 Å². The van der Waals surface area contributed by atoms with Gasteiger partial charge in [-0.3, -0.25) is 0 Å². The number of aromatic nitrogens is 1. The standard InChI is InChI=1S/C14H15NO3S/c1-3-17-11-7-5-10(6-8-11)12-9-19-13(15-12)14(16)18-4-2/h5-9H,3-4H2,1-2H3. The molecule has 0 saturated carbocycles. The Labute approximate surface area is 116 Å². The van der Waals surface area contributed by atoms with E-state index in [1.54, 1.807) is 6.92 Å². The van der Waals surface area contributed by atoms with Crippen molar-refractivity contribution < 1.29 is 14.3 Å². The smallest absolute Gasteiger partial charge is 0.367 e. The highest BCUT2D eigenvalue weighted by molar-refractivity contribution is 7.11. The van der Waals surface area contributed by atoms with Crippen LogP contribution in [0.1, 0.15) is 23.6 Å². The van der Waals surface area contributed by atoms with Crippen LogP contribution in [0.3, 0.4) is 0 Å². The molecule has 1 heterocycles. The molecule has 0 N–H and O–H groups in total. The second kappa shape index (κ2) is 6.33. The Morgan fingerprint density at radius 2 is 1.95 bits per heavy atom. The number of rotatable bonds is 5. The van der Waals surface area contributed by atoms with Crippen LogP contribution in [0.5, 0.6) is 5.75 Å². The van der Waals surface area contributed by atoms with Gasteiger partial charge in [0.05, 0.1) is 18.9 Å². The summed E-state index contributed by atoms with van der Waals surface area (Å²) in [6, 6.07) is 7.63. The van der Waals surface area contributed by atoms with Crippen molar-refractivity contribution in [2.75, 3.05) is 13.2 Å². The average Bonchev–Trinajstić information content (AvgIpc) is 2.90. The first-order chi connectivity index (χ1) is 9.24. The molecular weight excluding hydrogens is 262 g/mol. The SMILES string of the molecule is CCOC(=O)c1nc(-c2ccc(OCC)cc2)cs1. The van der Waals surface area contributed by atoms with Crippen molar-refractivity contribution in [2.24, 2.45) is 0 Å². The summed E-state index contributed by atoms with van der Waals surface area (Å²) in [5, 5.41) is 2.23. The minimum atomic E-state index is -0.371. The minimum absolute atomic E-state index is 0.358. The molecule has 0 fully saturated rings. The highest BCUT2D eigenvalue weighted by atomic mass is 32.1. The summed E-state index contributed by atoms with van der Waals surface area (Å²) in [7, 11) is 0. The summed E-state index contributed by atoms with van der Waals surface area (Å²) in [6.45, 7) is 4.72. The van der Waals surface area contributed by atoms with Crippen LogP contribution < -0.4 is 4.74 Å². The molecular formula is C14H15NO3S. The lowest BCUT2D eigenvalue weighted by Gasteiger charge is -2.03. The lowest BCUT2D eigenvalue weighted by atomic mass is 10.2. The van der Waals surface area contributed by atoms with Crippen LogP contribution in [0.4, 0.5) is 0 Å². The van der Waals surface area contributed by atoms with Gasteiger partial charge in [-0.1, -0.05) is 0 Å². The van der Waals surface area contributed by atoms with E-state index < -0.39 is 0 Å². The highest BCUT2D eigenvalue weighted by Crippen LogP contribution is 2.24. The van der Waals surface area contributed by atoms with Crippen molar-refractivity contribution in [3.63, 3.8) is 0 Å². The molecule has 0 unspecified atom stereocenters. The molecule has 0 radical (unpaired) electrons. The molecule has 2 aromatic rings. The molecule has 4 nitrogen and oxygen atoms in total. The van der Waals surface area contributed by atoms with Gasteiger partial charge in [0.15, 0.2) is 0 Å². The largest absolute Gasteiger partial charge is 0.494 e. The number of hydrogen-bond donors (Lipinski definition) is 0. The van der Waals surface area contributed by atoms with Crippen LogP contribution in [0.25, 0.3) is 11.3 Å². The molecule has 19 heavy (non-hydrogen) atoms. The van der Waals surface area contributed by atoms with E-state index in [9.17, 15) is 4.79 Å². The first kappa shape index (κ1) is 13.5. The molecule has 2 rings (SSSR count). The minimum Gasteiger partial charge on any atom is -0.494 e. The third kappa shape index (κ3) is 3.32. The molecule has 1 aromatic heterocycles. The van der Waals surface area contributed by atoms with Crippen LogP contribution in [0.15, 0.2) is 29.6 Å². The predicted octanol–water partition coefficient (Wildman–Crippen LogP) is 3.39. The van der Waals surface area contributed by atoms with Gasteiger partial charge in [-0.2, -0.15) is 0 Å². The second-order valence-corrected chi connectivity index (χ2v) is 4.57. The van der Waals surface area contributed by atoms with Crippen LogP contribution in [0.2, 0.25) is 0 Å². The van der Waals surface area contributed by atoms with Crippen LogP contribution in [-0.2, 0) is 4.74 Å². The topological polar surface area (TPSA) is 48.4 Å². The molecule has 0 amide bonds. The summed E-state index contributed by atoms with van der Waals surface area (Å²) < 4.78 is 10.3. The van der Waals surface area contributed by atoms with Crippen LogP contribution in [0, 0.1) is 0 Å². The zero-order valence-electron chi connectivity index (χ0n) is 10.9. The Bertz CT molecular complexity index is 548. The lowest BCUT2D eigenvalue weighted by molar-refractivity contribution is 0.0526. The van der Waals surface area contributed by atoms with E-state index in [2.05, 4.69) is 4.98 Å². The van der Waals surface area contributed by atoms with Gasteiger partial charge in [0.2, 0.25) is 5.01 Å². The summed E-state index contributed by atoms with van der Waals surface area (Å²) in [5.74, 6) is 0.455. The number of benzene rings is 1. The Morgan fingerprint density at radius 3 is 2.58 bits per heavy atom. The first-order valence-electron chi connectivity index (χ1n) is 6.10. The van der Waals surface area contributed by atoms with E-state index in [1.807, 2.05) is 36.6 Å². The number of nitrogens with zero attached hydrogens (tertiary/aromatic N) is 1. The van der Waals surface area contributed by atoms with Gasteiger partial charge >= 0.3 is 5.97 Å². The molecule has 0 aliphatic carbocycles. The summed E-state index contributed by atoms with van der Waals surface area (Å²) >= 11 is 1.29. The van der Waals surface area contributed by atoms with Crippen LogP contribution >= 0.6 is 11.3 Å². The highest BCUT2D eigenvalue weighted by Gasteiger charge is 2.12. The van der Waals surface area contributed by atoms with Crippen molar-refractivity contribution in [3.8, 4) is 17.0 Å². The molecule has 0 spiro atoms. The predicted molar refractivity (Wildman–Crippen MR) is 74.7 cm³/mol. The Kier molecular flexibility index (Phi) is 4.52. The number of hydrogen-bond acceptors (Lipinski definition) is 5. The molecule has 0 atom stereocenters. The maximum Gasteiger partial charge on any atom is 0.367 e. The first-order valence-corrected chi connectivity index (χ1v) is 6.98. The van der Waals surface area contributed by atoms with E-state index in [1.165, 1.54) is 11.3 Å². The number of ether oxygens (including phenoxy) is 2. The number of carbonyl (C=O) groups is 1. The number of carbonyl (C=O) groups excluding carboxylic acids is 1. The maximum atomic E-state index is 11.5. The van der Waals surface area contributed by atoms with Crippen molar-refractivity contribution in [1.82, 2.24) is 4.98 Å². The van der Waals surface area contributed by atoms with Crippen molar-refractivity contribution in [1.29, 1.82) is 0 Å². The Morgan fingerprint density at radius 1 is 1.21 bits per heavy atom. The molecule has 5 heteroatoms. The van der Waals surface area contributed by atoms with Crippen molar-refractivity contribution in [2.45, 2.75) is 13.8 Å².